The molecule has 0 spiro atoms. The van der Waals surface area contributed by atoms with E-state index in [4.69, 9.17) is 9.15 Å². The lowest BCUT2D eigenvalue weighted by Crippen LogP contribution is -2.28. The summed E-state index contributed by atoms with van der Waals surface area (Å²) in [6.07, 6.45) is 0.837. The van der Waals surface area contributed by atoms with E-state index < -0.39 is 0 Å². The Bertz CT molecular complexity index is 933. The van der Waals surface area contributed by atoms with E-state index in [-0.39, 0.29) is 18.4 Å². The highest BCUT2D eigenvalue weighted by Gasteiger charge is 2.08. The lowest BCUT2D eigenvalue weighted by atomic mass is 10.2. The second kappa shape index (κ2) is 10.1. The van der Waals surface area contributed by atoms with Gasteiger partial charge in [0.2, 0.25) is 5.91 Å². The molecule has 0 saturated carbocycles. The van der Waals surface area contributed by atoms with Crippen molar-refractivity contribution in [3.8, 4) is 17.1 Å². The van der Waals surface area contributed by atoms with E-state index in [1.807, 2.05) is 49.4 Å². The van der Waals surface area contributed by atoms with Gasteiger partial charge in [-0.3, -0.25) is 9.59 Å². The maximum absolute atomic E-state index is 12.2. The summed E-state index contributed by atoms with van der Waals surface area (Å²) in [4.78, 5) is 23.6. The molecule has 0 aliphatic carbocycles. The number of aryl methyl sites for hydroxylation is 1. The number of rotatable bonds is 9. The number of anilines is 1. The molecule has 0 fully saturated rings. The molecule has 3 aromatic rings. The topological polar surface area (TPSA) is 80.6 Å². The number of carbonyl (C=O) groups is 2. The molecule has 6 nitrogen and oxygen atoms in total. The molecule has 2 aromatic carbocycles. The largest absolute Gasteiger partial charge is 0.484 e. The zero-order valence-electron chi connectivity index (χ0n) is 16.3. The van der Waals surface area contributed by atoms with Crippen molar-refractivity contribution in [1.29, 1.82) is 0 Å². The molecular formula is C23H24N2O4. The molecule has 0 aliphatic heterocycles. The molecule has 6 heteroatoms. The van der Waals surface area contributed by atoms with Gasteiger partial charge in [-0.2, -0.15) is 0 Å². The second-order valence-electron chi connectivity index (χ2n) is 6.45. The Morgan fingerprint density at radius 2 is 1.69 bits per heavy atom. The lowest BCUT2D eigenvalue weighted by Gasteiger charge is -2.08. The van der Waals surface area contributed by atoms with Crippen LogP contribution in [0.4, 0.5) is 5.69 Å². The molecule has 0 unspecified atom stereocenters. The Morgan fingerprint density at radius 3 is 2.41 bits per heavy atom. The van der Waals surface area contributed by atoms with E-state index in [0.717, 1.165) is 17.1 Å². The lowest BCUT2D eigenvalue weighted by molar-refractivity contribution is -0.123. The van der Waals surface area contributed by atoms with Crippen molar-refractivity contribution in [3.05, 3.63) is 72.5 Å². The fraction of sp³-hybridized carbons (Fsp3) is 0.217. The maximum Gasteiger partial charge on any atom is 0.257 e. The Hall–Kier alpha value is -3.54. The van der Waals surface area contributed by atoms with Crippen molar-refractivity contribution in [2.75, 3.05) is 18.5 Å². The molecule has 0 atom stereocenters. The van der Waals surface area contributed by atoms with Crippen LogP contribution >= 0.6 is 0 Å². The molecule has 29 heavy (non-hydrogen) atoms. The van der Waals surface area contributed by atoms with E-state index in [1.54, 1.807) is 24.3 Å². The normalized spacial score (nSPS) is 10.4. The third kappa shape index (κ3) is 6.24. The summed E-state index contributed by atoms with van der Waals surface area (Å²) in [6, 6.07) is 20.6. The molecule has 1 heterocycles. The van der Waals surface area contributed by atoms with Crippen LogP contribution in [0.5, 0.6) is 5.75 Å². The third-order valence-electron chi connectivity index (χ3n) is 4.20. The minimum absolute atomic E-state index is 0.0341. The fourth-order valence-corrected chi connectivity index (χ4v) is 2.76. The molecule has 0 radical (unpaired) electrons. The number of carbonyl (C=O) groups excluding carboxylic acids is 2. The van der Waals surface area contributed by atoms with Gasteiger partial charge in [-0.05, 0) is 43.3 Å². The van der Waals surface area contributed by atoms with E-state index in [1.165, 1.54) is 0 Å². The molecule has 150 valence electrons. The van der Waals surface area contributed by atoms with Crippen molar-refractivity contribution in [2.45, 2.75) is 19.8 Å². The quantitative estimate of drug-likeness (QED) is 0.576. The van der Waals surface area contributed by atoms with E-state index in [2.05, 4.69) is 10.6 Å². The fourth-order valence-electron chi connectivity index (χ4n) is 2.76. The number of nitrogens with one attached hydrogen (secondary N) is 2. The van der Waals surface area contributed by atoms with Gasteiger partial charge >= 0.3 is 0 Å². The van der Waals surface area contributed by atoms with Crippen LogP contribution < -0.4 is 15.4 Å². The summed E-state index contributed by atoms with van der Waals surface area (Å²) in [5.74, 6) is 1.87. The van der Waals surface area contributed by atoms with Gasteiger partial charge in [-0.15, -0.1) is 0 Å². The number of benzene rings is 2. The maximum atomic E-state index is 12.2. The summed E-state index contributed by atoms with van der Waals surface area (Å²) in [6.45, 7) is 2.38. The van der Waals surface area contributed by atoms with E-state index in [9.17, 15) is 9.59 Å². The Morgan fingerprint density at radius 1 is 0.931 bits per heavy atom. The van der Waals surface area contributed by atoms with Gasteiger partial charge in [0.25, 0.3) is 5.91 Å². The van der Waals surface area contributed by atoms with Crippen molar-refractivity contribution in [3.63, 3.8) is 0 Å². The molecule has 1 aromatic heterocycles. The summed E-state index contributed by atoms with van der Waals surface area (Å²) in [5, 5.41) is 5.51. The standard InChI is InChI=1S/C23H24N2O4/c1-2-24-23(27)16-28-19-10-8-18(9-11-19)25-22(26)15-13-20-12-14-21(29-20)17-6-4-3-5-7-17/h3-12,14H,2,13,15-16H2,1H3,(H,24,27)(H,25,26). The van der Waals surface area contributed by atoms with Crippen LogP contribution in [0.3, 0.4) is 0 Å². The van der Waals surface area contributed by atoms with Gasteiger partial charge in [0.05, 0.1) is 0 Å². The first kappa shape index (κ1) is 20.2. The monoisotopic (exact) mass is 392 g/mol. The van der Waals surface area contributed by atoms with Crippen molar-refractivity contribution in [1.82, 2.24) is 5.32 Å². The van der Waals surface area contributed by atoms with Crippen molar-refractivity contribution >= 4 is 17.5 Å². The van der Waals surface area contributed by atoms with E-state index >= 15 is 0 Å². The van der Waals surface area contributed by atoms with Crippen LogP contribution in [-0.4, -0.2) is 25.0 Å². The van der Waals surface area contributed by atoms with Gasteiger partial charge in [0.1, 0.15) is 17.3 Å². The van der Waals surface area contributed by atoms with Crippen LogP contribution in [0.1, 0.15) is 19.1 Å². The summed E-state index contributed by atoms with van der Waals surface area (Å²) < 4.78 is 11.2. The molecule has 0 bridgehead atoms. The van der Waals surface area contributed by atoms with Crippen LogP contribution in [-0.2, 0) is 16.0 Å². The Labute approximate surface area is 169 Å². The summed E-state index contributed by atoms with van der Waals surface area (Å²) >= 11 is 0. The number of furan rings is 1. The number of ether oxygens (including phenoxy) is 1. The predicted molar refractivity (Wildman–Crippen MR) is 112 cm³/mol. The predicted octanol–water partition coefficient (Wildman–Crippen LogP) is 4.03. The molecule has 0 aliphatic rings. The smallest absolute Gasteiger partial charge is 0.257 e. The zero-order chi connectivity index (χ0) is 20.5. The van der Waals surface area contributed by atoms with Gasteiger partial charge in [-0.25, -0.2) is 0 Å². The third-order valence-corrected chi connectivity index (χ3v) is 4.20. The van der Waals surface area contributed by atoms with Gasteiger partial charge in [-0.1, -0.05) is 30.3 Å². The number of likely N-dealkylation sites (N-methyl/N-ethyl adjacent to an activating group) is 1. The van der Waals surface area contributed by atoms with Crippen LogP contribution in [0.2, 0.25) is 0 Å². The number of hydrogen-bond donors (Lipinski definition) is 2. The Balaban J connectivity index is 1.45. The SMILES string of the molecule is CCNC(=O)COc1ccc(NC(=O)CCc2ccc(-c3ccccc3)o2)cc1. The first-order valence-corrected chi connectivity index (χ1v) is 9.57. The van der Waals surface area contributed by atoms with Crippen molar-refractivity contribution in [2.24, 2.45) is 0 Å². The minimum atomic E-state index is -0.168. The molecule has 3 rings (SSSR count). The highest BCUT2D eigenvalue weighted by Crippen LogP contribution is 2.22. The van der Waals surface area contributed by atoms with Gasteiger partial charge in [0, 0.05) is 30.6 Å². The first-order chi connectivity index (χ1) is 14.1. The van der Waals surface area contributed by atoms with Crippen molar-refractivity contribution < 1.29 is 18.7 Å². The van der Waals surface area contributed by atoms with Gasteiger partial charge in [0.15, 0.2) is 6.61 Å². The number of hydrogen-bond acceptors (Lipinski definition) is 4. The minimum Gasteiger partial charge on any atom is -0.484 e. The average Bonchev–Trinajstić information content (AvgIpc) is 3.22. The Kier molecular flexibility index (Phi) is 7.05. The highest BCUT2D eigenvalue weighted by atomic mass is 16.5. The highest BCUT2D eigenvalue weighted by molar-refractivity contribution is 5.90. The van der Waals surface area contributed by atoms with Crippen LogP contribution in [0.25, 0.3) is 11.3 Å². The summed E-state index contributed by atoms with van der Waals surface area (Å²) in [7, 11) is 0. The van der Waals surface area contributed by atoms with Crippen LogP contribution in [0, 0.1) is 0 Å². The molecule has 2 amide bonds. The summed E-state index contributed by atoms with van der Waals surface area (Å²) in [5.41, 5.74) is 1.68. The first-order valence-electron chi connectivity index (χ1n) is 9.57. The average molecular weight is 392 g/mol. The molecular weight excluding hydrogens is 368 g/mol. The van der Waals surface area contributed by atoms with Crippen LogP contribution in [0.15, 0.2) is 71.1 Å². The molecule has 2 N–H and O–H groups in total. The second-order valence-corrected chi connectivity index (χ2v) is 6.45. The van der Waals surface area contributed by atoms with Gasteiger partial charge < -0.3 is 19.8 Å². The number of amides is 2. The zero-order valence-corrected chi connectivity index (χ0v) is 16.3. The molecule has 0 saturated heterocycles. The van der Waals surface area contributed by atoms with E-state index in [0.29, 0.717) is 30.8 Å².